The van der Waals surface area contributed by atoms with Gasteiger partial charge in [-0.25, -0.2) is 4.68 Å². The van der Waals surface area contributed by atoms with Gasteiger partial charge in [0.2, 0.25) is 0 Å². The number of rotatable bonds is 6. The average molecular weight is 356 g/mol. The molecule has 6 nitrogen and oxygen atoms in total. The molecule has 1 amide bonds. The van der Waals surface area contributed by atoms with Gasteiger partial charge in [0, 0.05) is 30.4 Å². The number of hydrogen-bond donors (Lipinski definition) is 2. The van der Waals surface area contributed by atoms with Gasteiger partial charge >= 0.3 is 0 Å². The van der Waals surface area contributed by atoms with Crippen LogP contribution in [0.3, 0.4) is 0 Å². The molecular weight excluding hydrogens is 328 g/mol. The number of benzene rings is 1. The summed E-state index contributed by atoms with van der Waals surface area (Å²) in [7, 11) is 0. The number of likely N-dealkylation sites (tertiary alicyclic amines) is 1. The van der Waals surface area contributed by atoms with E-state index in [9.17, 15) is 9.90 Å². The lowest BCUT2D eigenvalue weighted by Gasteiger charge is -2.34. The summed E-state index contributed by atoms with van der Waals surface area (Å²) in [6.45, 7) is 6.55. The van der Waals surface area contributed by atoms with E-state index in [1.54, 1.807) is 0 Å². The molecule has 0 spiro atoms. The van der Waals surface area contributed by atoms with E-state index in [4.69, 9.17) is 0 Å². The molecule has 1 unspecified atom stereocenters. The summed E-state index contributed by atoms with van der Waals surface area (Å²) in [5.41, 5.74) is 3.64. The Morgan fingerprint density at radius 2 is 2.04 bits per heavy atom. The fraction of sp³-hybridized carbons (Fsp3) is 0.500. The van der Waals surface area contributed by atoms with Gasteiger partial charge in [0.25, 0.3) is 5.91 Å². The Hall–Kier alpha value is -2.18. The molecule has 1 aliphatic heterocycles. The minimum Gasteiger partial charge on any atom is -0.395 e. The van der Waals surface area contributed by atoms with E-state index in [-0.39, 0.29) is 18.6 Å². The van der Waals surface area contributed by atoms with Crippen LogP contribution >= 0.6 is 0 Å². The summed E-state index contributed by atoms with van der Waals surface area (Å²) in [4.78, 5) is 14.6. The van der Waals surface area contributed by atoms with Crippen molar-refractivity contribution in [3.8, 4) is 5.69 Å². The number of piperidine rings is 1. The van der Waals surface area contributed by atoms with Gasteiger partial charge in [-0.15, -0.1) is 0 Å². The van der Waals surface area contributed by atoms with Gasteiger partial charge < -0.3 is 10.4 Å². The highest BCUT2D eigenvalue weighted by molar-refractivity contribution is 5.94. The largest absolute Gasteiger partial charge is 0.395 e. The number of hydrogen-bond acceptors (Lipinski definition) is 4. The Morgan fingerprint density at radius 1 is 1.27 bits per heavy atom. The lowest BCUT2D eigenvalue weighted by molar-refractivity contribution is 0.0849. The predicted octanol–water partition coefficient (Wildman–Crippen LogP) is 2.07. The third-order valence-electron chi connectivity index (χ3n) is 5.03. The van der Waals surface area contributed by atoms with Crippen LogP contribution in [0.25, 0.3) is 5.69 Å². The molecule has 26 heavy (non-hydrogen) atoms. The molecule has 2 N–H and O–H groups in total. The van der Waals surface area contributed by atoms with Crippen LogP contribution in [0.4, 0.5) is 0 Å². The van der Waals surface area contributed by atoms with E-state index in [2.05, 4.69) is 15.3 Å². The molecule has 1 saturated heterocycles. The second kappa shape index (κ2) is 8.47. The molecule has 1 fully saturated rings. The second-order valence-electron chi connectivity index (χ2n) is 7.01. The molecule has 0 bridgehead atoms. The molecule has 2 aromatic rings. The van der Waals surface area contributed by atoms with Crippen LogP contribution in [0.1, 0.15) is 41.0 Å². The quantitative estimate of drug-likeness (QED) is 0.831. The Morgan fingerprint density at radius 3 is 2.69 bits per heavy atom. The maximum Gasteiger partial charge on any atom is 0.251 e. The van der Waals surface area contributed by atoms with Gasteiger partial charge in [-0.3, -0.25) is 9.69 Å². The smallest absolute Gasteiger partial charge is 0.251 e. The van der Waals surface area contributed by atoms with Crippen LogP contribution in [0.5, 0.6) is 0 Å². The van der Waals surface area contributed by atoms with E-state index in [1.165, 1.54) is 6.42 Å². The predicted molar refractivity (Wildman–Crippen MR) is 102 cm³/mol. The molecule has 2 heterocycles. The van der Waals surface area contributed by atoms with E-state index in [0.29, 0.717) is 12.1 Å². The number of carbonyl (C=O) groups is 1. The van der Waals surface area contributed by atoms with Crippen molar-refractivity contribution in [3.63, 3.8) is 0 Å². The molecule has 1 aromatic carbocycles. The van der Waals surface area contributed by atoms with Crippen molar-refractivity contribution < 1.29 is 9.90 Å². The number of aliphatic hydroxyl groups excluding tert-OH is 1. The van der Waals surface area contributed by atoms with Crippen molar-refractivity contribution in [2.24, 2.45) is 0 Å². The molecule has 1 aromatic heterocycles. The number of aryl methyl sites for hydroxylation is 2. The van der Waals surface area contributed by atoms with Crippen molar-refractivity contribution in [1.82, 2.24) is 20.0 Å². The van der Waals surface area contributed by atoms with Gasteiger partial charge in [0.1, 0.15) is 0 Å². The molecule has 6 heteroatoms. The summed E-state index contributed by atoms with van der Waals surface area (Å²) in [5.74, 6) is -0.0672. The monoisotopic (exact) mass is 356 g/mol. The number of aromatic nitrogens is 2. The number of aliphatic hydroxyl groups is 1. The van der Waals surface area contributed by atoms with Gasteiger partial charge in [-0.1, -0.05) is 6.42 Å². The standard InChI is InChI=1S/C20H28N4O2/c1-15-13-16(2)24(22-15)18-8-6-17(7-9-18)20(26)21-10-12-23-11-4-3-5-19(23)14-25/h6-9,13,19,25H,3-5,10-12,14H2,1-2H3,(H,21,26). The topological polar surface area (TPSA) is 70.4 Å². The molecule has 1 aliphatic rings. The van der Waals surface area contributed by atoms with Crippen molar-refractivity contribution in [2.45, 2.75) is 39.2 Å². The fourth-order valence-corrected chi connectivity index (χ4v) is 3.62. The summed E-state index contributed by atoms with van der Waals surface area (Å²) in [6.07, 6.45) is 3.38. The zero-order valence-corrected chi connectivity index (χ0v) is 15.6. The number of carbonyl (C=O) groups excluding carboxylic acids is 1. The van der Waals surface area contributed by atoms with Gasteiger partial charge in [-0.2, -0.15) is 5.10 Å². The number of nitrogens with zero attached hydrogens (tertiary/aromatic N) is 3. The first kappa shape index (κ1) is 18.6. The molecule has 0 saturated carbocycles. The first-order valence-corrected chi connectivity index (χ1v) is 9.35. The molecule has 140 valence electrons. The van der Waals surface area contributed by atoms with Crippen molar-refractivity contribution in [1.29, 1.82) is 0 Å². The first-order valence-electron chi connectivity index (χ1n) is 9.35. The zero-order valence-electron chi connectivity index (χ0n) is 15.6. The Kier molecular flexibility index (Phi) is 6.06. The summed E-state index contributed by atoms with van der Waals surface area (Å²) < 4.78 is 1.88. The SMILES string of the molecule is Cc1cc(C)n(-c2ccc(C(=O)NCCN3CCCCC3CO)cc2)n1. The first-order chi connectivity index (χ1) is 12.6. The summed E-state index contributed by atoms with van der Waals surface area (Å²) >= 11 is 0. The van der Waals surface area contributed by atoms with Crippen LogP contribution in [0.2, 0.25) is 0 Å². The molecule has 1 atom stereocenters. The van der Waals surface area contributed by atoms with Gasteiger partial charge in [0.05, 0.1) is 18.0 Å². The van der Waals surface area contributed by atoms with Gasteiger partial charge in [-0.05, 0) is 63.6 Å². The molecule has 0 aliphatic carbocycles. The number of amides is 1. The average Bonchev–Trinajstić information content (AvgIpc) is 3.00. The Bertz CT molecular complexity index is 739. The minimum absolute atomic E-state index is 0.0672. The van der Waals surface area contributed by atoms with Crippen LogP contribution < -0.4 is 5.32 Å². The van der Waals surface area contributed by atoms with E-state index in [1.807, 2.05) is 48.9 Å². The zero-order chi connectivity index (χ0) is 18.5. The molecule has 3 rings (SSSR count). The Labute approximate surface area is 154 Å². The van der Waals surface area contributed by atoms with Crippen LogP contribution in [0.15, 0.2) is 30.3 Å². The minimum atomic E-state index is -0.0672. The van der Waals surface area contributed by atoms with E-state index < -0.39 is 0 Å². The maximum atomic E-state index is 12.4. The van der Waals surface area contributed by atoms with Crippen LogP contribution in [-0.4, -0.2) is 58.0 Å². The van der Waals surface area contributed by atoms with E-state index >= 15 is 0 Å². The lowest BCUT2D eigenvalue weighted by atomic mass is 10.0. The third kappa shape index (κ3) is 4.31. The highest BCUT2D eigenvalue weighted by Crippen LogP contribution is 2.16. The van der Waals surface area contributed by atoms with E-state index in [0.717, 1.165) is 43.0 Å². The fourth-order valence-electron chi connectivity index (χ4n) is 3.62. The maximum absolute atomic E-state index is 12.4. The highest BCUT2D eigenvalue weighted by atomic mass is 16.3. The normalized spacial score (nSPS) is 18.0. The summed E-state index contributed by atoms with van der Waals surface area (Å²) in [6, 6.07) is 9.76. The van der Waals surface area contributed by atoms with Crippen LogP contribution in [-0.2, 0) is 0 Å². The van der Waals surface area contributed by atoms with Crippen molar-refractivity contribution in [2.75, 3.05) is 26.2 Å². The van der Waals surface area contributed by atoms with Gasteiger partial charge in [0.15, 0.2) is 0 Å². The Balaban J connectivity index is 1.54. The lowest BCUT2D eigenvalue weighted by Crippen LogP contribution is -2.45. The van der Waals surface area contributed by atoms with Crippen molar-refractivity contribution in [3.05, 3.63) is 47.3 Å². The number of nitrogens with one attached hydrogen (secondary N) is 1. The summed E-state index contributed by atoms with van der Waals surface area (Å²) in [5, 5.41) is 16.9. The van der Waals surface area contributed by atoms with Crippen LogP contribution in [0, 0.1) is 13.8 Å². The third-order valence-corrected chi connectivity index (χ3v) is 5.03. The molecule has 0 radical (unpaired) electrons. The molecular formula is C20H28N4O2. The highest BCUT2D eigenvalue weighted by Gasteiger charge is 2.21. The second-order valence-corrected chi connectivity index (χ2v) is 7.01. The van der Waals surface area contributed by atoms with Crippen molar-refractivity contribution >= 4 is 5.91 Å².